The highest BCUT2D eigenvalue weighted by Gasteiger charge is 2.13. The van der Waals surface area contributed by atoms with Crippen LogP contribution < -0.4 is 5.32 Å². The van der Waals surface area contributed by atoms with Crippen molar-refractivity contribution in [3.63, 3.8) is 0 Å². The second-order valence-corrected chi connectivity index (χ2v) is 7.37. The van der Waals surface area contributed by atoms with Crippen molar-refractivity contribution in [1.82, 2.24) is 19.7 Å². The minimum atomic E-state index is -0.160. The summed E-state index contributed by atoms with van der Waals surface area (Å²) in [6, 6.07) is 10.9. The Morgan fingerprint density at radius 2 is 2.16 bits per heavy atom. The van der Waals surface area contributed by atoms with Crippen LogP contribution in [0.2, 0.25) is 5.02 Å². The molecule has 25 heavy (non-hydrogen) atoms. The number of thioether (sulfide) groups is 1. The van der Waals surface area contributed by atoms with E-state index in [4.69, 9.17) is 11.6 Å². The summed E-state index contributed by atoms with van der Waals surface area (Å²) in [5, 5.41) is 12.3. The van der Waals surface area contributed by atoms with E-state index in [1.807, 2.05) is 35.9 Å². The number of hydrogen-bond acceptors (Lipinski definition) is 5. The van der Waals surface area contributed by atoms with Gasteiger partial charge in [-0.1, -0.05) is 35.5 Å². The van der Waals surface area contributed by atoms with Gasteiger partial charge in [-0.15, -0.1) is 10.2 Å². The van der Waals surface area contributed by atoms with Crippen LogP contribution in [0.25, 0.3) is 11.4 Å². The number of hydrogen-bond donors (Lipinski definition) is 1. The van der Waals surface area contributed by atoms with Gasteiger partial charge in [-0.3, -0.25) is 4.79 Å². The zero-order valence-corrected chi connectivity index (χ0v) is 16.3. The molecule has 2 aromatic heterocycles. The van der Waals surface area contributed by atoms with E-state index >= 15 is 0 Å². The Morgan fingerprint density at radius 1 is 1.32 bits per heavy atom. The molecule has 0 saturated carbocycles. The number of anilines is 1. The van der Waals surface area contributed by atoms with Crippen LogP contribution in [0, 0.1) is 0 Å². The van der Waals surface area contributed by atoms with Gasteiger partial charge >= 0.3 is 0 Å². The molecular weight excluding hydrogens is 426 g/mol. The molecule has 1 amide bonds. The Morgan fingerprint density at radius 3 is 2.88 bits per heavy atom. The summed E-state index contributed by atoms with van der Waals surface area (Å²) in [6.45, 7) is 0. The minimum Gasteiger partial charge on any atom is -0.310 e. The largest absolute Gasteiger partial charge is 0.310 e. The number of benzene rings is 1. The van der Waals surface area contributed by atoms with E-state index in [0.717, 1.165) is 10.0 Å². The number of amides is 1. The molecule has 6 nitrogen and oxygen atoms in total. The maximum atomic E-state index is 12.0. The van der Waals surface area contributed by atoms with Gasteiger partial charge in [0.15, 0.2) is 11.0 Å². The van der Waals surface area contributed by atoms with Crippen molar-refractivity contribution in [1.29, 1.82) is 0 Å². The number of halogens is 2. The second kappa shape index (κ2) is 7.99. The highest BCUT2D eigenvalue weighted by atomic mass is 79.9. The molecule has 3 aromatic rings. The molecule has 128 valence electrons. The van der Waals surface area contributed by atoms with E-state index < -0.39 is 0 Å². The molecular formula is C16H13BrClN5OS. The predicted molar refractivity (Wildman–Crippen MR) is 103 cm³/mol. The first-order valence-corrected chi connectivity index (χ1v) is 9.38. The van der Waals surface area contributed by atoms with Crippen LogP contribution in [0.3, 0.4) is 0 Å². The van der Waals surface area contributed by atoms with E-state index in [9.17, 15) is 4.79 Å². The van der Waals surface area contributed by atoms with Crippen LogP contribution in [0.1, 0.15) is 0 Å². The number of aromatic nitrogens is 4. The molecule has 0 aliphatic rings. The van der Waals surface area contributed by atoms with Gasteiger partial charge in [0, 0.05) is 28.3 Å². The van der Waals surface area contributed by atoms with Crippen molar-refractivity contribution < 1.29 is 4.79 Å². The van der Waals surface area contributed by atoms with Gasteiger partial charge in [0.25, 0.3) is 0 Å². The van der Waals surface area contributed by atoms with Crippen molar-refractivity contribution in [2.24, 2.45) is 7.05 Å². The maximum absolute atomic E-state index is 12.0. The zero-order valence-electron chi connectivity index (χ0n) is 13.1. The first-order chi connectivity index (χ1) is 12.0. The van der Waals surface area contributed by atoms with Gasteiger partial charge in [0.1, 0.15) is 5.82 Å². The summed E-state index contributed by atoms with van der Waals surface area (Å²) in [5.74, 6) is 1.25. The fourth-order valence-corrected chi connectivity index (χ4v) is 3.21. The Bertz CT molecular complexity index is 900. The van der Waals surface area contributed by atoms with Crippen LogP contribution in [0.15, 0.2) is 52.2 Å². The molecule has 0 radical (unpaired) electrons. The topological polar surface area (TPSA) is 72.7 Å². The summed E-state index contributed by atoms with van der Waals surface area (Å²) in [6.07, 6.45) is 1.63. The Hall–Kier alpha value is -1.90. The van der Waals surface area contributed by atoms with Crippen LogP contribution >= 0.6 is 39.3 Å². The molecule has 0 atom stereocenters. The number of nitrogens with zero attached hydrogens (tertiary/aromatic N) is 4. The molecule has 2 heterocycles. The van der Waals surface area contributed by atoms with Crippen molar-refractivity contribution in [2.45, 2.75) is 5.16 Å². The molecule has 1 aromatic carbocycles. The number of carbonyl (C=O) groups excluding carboxylic acids is 1. The number of pyridine rings is 1. The summed E-state index contributed by atoms with van der Waals surface area (Å²) < 4.78 is 2.69. The Labute approximate surface area is 162 Å². The molecule has 0 spiro atoms. The van der Waals surface area contributed by atoms with Crippen LogP contribution in [0.4, 0.5) is 5.82 Å². The van der Waals surface area contributed by atoms with E-state index in [-0.39, 0.29) is 11.7 Å². The Balaban J connectivity index is 1.64. The molecule has 3 rings (SSSR count). The summed E-state index contributed by atoms with van der Waals surface area (Å²) in [7, 11) is 1.85. The predicted octanol–water partition coefficient (Wildman–Crippen LogP) is 4.02. The summed E-state index contributed by atoms with van der Waals surface area (Å²) in [4.78, 5) is 16.2. The van der Waals surface area contributed by atoms with Crippen LogP contribution in [-0.2, 0) is 11.8 Å². The highest BCUT2D eigenvalue weighted by Crippen LogP contribution is 2.24. The zero-order chi connectivity index (χ0) is 17.8. The van der Waals surface area contributed by atoms with Gasteiger partial charge in [-0.05, 0) is 40.2 Å². The monoisotopic (exact) mass is 437 g/mol. The van der Waals surface area contributed by atoms with E-state index in [2.05, 4.69) is 36.4 Å². The second-order valence-electron chi connectivity index (χ2n) is 5.07. The molecule has 0 aliphatic heterocycles. The molecule has 0 aliphatic carbocycles. The molecule has 0 unspecified atom stereocenters. The maximum Gasteiger partial charge on any atom is 0.236 e. The number of carbonyl (C=O) groups is 1. The molecule has 9 heteroatoms. The lowest BCUT2D eigenvalue weighted by atomic mass is 10.2. The van der Waals surface area contributed by atoms with E-state index in [1.165, 1.54) is 11.8 Å². The third-order valence-corrected chi connectivity index (χ3v) is 4.97. The molecule has 0 bridgehead atoms. The molecule has 0 saturated heterocycles. The van der Waals surface area contributed by atoms with Gasteiger partial charge in [-0.25, -0.2) is 4.98 Å². The van der Waals surface area contributed by atoms with Gasteiger partial charge in [0.2, 0.25) is 5.91 Å². The average Bonchev–Trinajstić information content (AvgIpc) is 2.96. The van der Waals surface area contributed by atoms with Crippen LogP contribution in [-0.4, -0.2) is 31.4 Å². The van der Waals surface area contributed by atoms with Crippen LogP contribution in [0.5, 0.6) is 0 Å². The van der Waals surface area contributed by atoms with Gasteiger partial charge < -0.3 is 9.88 Å². The Kier molecular flexibility index (Phi) is 5.72. The number of nitrogens with one attached hydrogen (secondary N) is 1. The average molecular weight is 439 g/mol. The van der Waals surface area contributed by atoms with Crippen molar-refractivity contribution >= 4 is 51.0 Å². The van der Waals surface area contributed by atoms with E-state index in [0.29, 0.717) is 21.8 Å². The summed E-state index contributed by atoms with van der Waals surface area (Å²) >= 11 is 10.6. The van der Waals surface area contributed by atoms with Crippen molar-refractivity contribution in [3.05, 3.63) is 52.1 Å². The highest BCUT2D eigenvalue weighted by molar-refractivity contribution is 9.10. The minimum absolute atomic E-state index is 0.160. The quantitative estimate of drug-likeness (QED) is 0.609. The lowest BCUT2D eigenvalue weighted by molar-refractivity contribution is -0.113. The number of rotatable bonds is 5. The third-order valence-electron chi connectivity index (χ3n) is 3.24. The fourth-order valence-electron chi connectivity index (χ4n) is 2.08. The first kappa shape index (κ1) is 17.9. The standard InChI is InChI=1S/C16H13BrClN5OS/c1-23-15(10-3-2-4-12(18)7-10)21-22-16(23)25-9-14(24)20-13-6-5-11(17)8-19-13/h2-8H,9H2,1H3,(H,19,20,24). The smallest absolute Gasteiger partial charge is 0.236 e. The van der Waals surface area contributed by atoms with Crippen molar-refractivity contribution in [3.8, 4) is 11.4 Å². The van der Waals surface area contributed by atoms with Gasteiger partial charge in [0.05, 0.1) is 5.75 Å². The normalized spacial score (nSPS) is 10.7. The fraction of sp³-hybridized carbons (Fsp3) is 0.125. The van der Waals surface area contributed by atoms with E-state index in [1.54, 1.807) is 18.3 Å². The SMILES string of the molecule is Cn1c(SCC(=O)Nc2ccc(Br)cn2)nnc1-c1cccc(Cl)c1. The molecule has 1 N–H and O–H groups in total. The van der Waals surface area contributed by atoms with Gasteiger partial charge in [-0.2, -0.15) is 0 Å². The lowest BCUT2D eigenvalue weighted by Crippen LogP contribution is -2.15. The van der Waals surface area contributed by atoms with Crippen molar-refractivity contribution in [2.75, 3.05) is 11.1 Å². The summed E-state index contributed by atoms with van der Waals surface area (Å²) in [5.41, 5.74) is 0.873. The first-order valence-electron chi connectivity index (χ1n) is 7.22. The third kappa shape index (κ3) is 4.59. The molecule has 0 fully saturated rings. The lowest BCUT2D eigenvalue weighted by Gasteiger charge is -2.05.